The summed E-state index contributed by atoms with van der Waals surface area (Å²) in [7, 11) is 1.41. The molecule has 3 aromatic rings. The van der Waals surface area contributed by atoms with Gasteiger partial charge in [-0.1, -0.05) is 12.1 Å². The molecule has 0 saturated carbocycles. The van der Waals surface area contributed by atoms with Crippen LogP contribution < -0.4 is 15.5 Å². The zero-order valence-electron chi connectivity index (χ0n) is 13.8. The van der Waals surface area contributed by atoms with Crippen molar-refractivity contribution in [2.75, 3.05) is 12.4 Å². The molecule has 8 heteroatoms. The van der Waals surface area contributed by atoms with Gasteiger partial charge in [0.15, 0.2) is 5.43 Å². The third-order valence-electron chi connectivity index (χ3n) is 3.87. The zero-order chi connectivity index (χ0) is 18.7. The summed E-state index contributed by atoms with van der Waals surface area (Å²) in [6.07, 6.45) is 1.54. The number of aromatic nitrogens is 1. The standard InChI is InChI=1S/C18H15N3O5/c1-26-17-7-6-12(21(24)25)10-14(17)19-18(23)11-20-9-8-16(22)13-4-2-3-5-15(13)20/h2-10H,11H2,1H3,(H,19,23). The van der Waals surface area contributed by atoms with Gasteiger partial charge in [-0.2, -0.15) is 0 Å². The van der Waals surface area contributed by atoms with Crippen LogP contribution in [0.5, 0.6) is 5.75 Å². The molecule has 0 saturated heterocycles. The van der Waals surface area contributed by atoms with Crippen molar-refractivity contribution in [2.45, 2.75) is 6.54 Å². The van der Waals surface area contributed by atoms with Crippen molar-refractivity contribution in [3.05, 3.63) is 75.1 Å². The second kappa shape index (κ2) is 7.06. The Hall–Kier alpha value is -3.68. The maximum atomic E-state index is 12.4. The van der Waals surface area contributed by atoms with E-state index in [0.717, 1.165) is 0 Å². The Bertz CT molecular complexity index is 1060. The molecule has 3 rings (SSSR count). The Morgan fingerprint density at radius 1 is 1.23 bits per heavy atom. The number of ether oxygens (including phenoxy) is 1. The largest absolute Gasteiger partial charge is 0.495 e. The topological polar surface area (TPSA) is 103 Å². The second-order valence-corrected chi connectivity index (χ2v) is 5.51. The van der Waals surface area contributed by atoms with E-state index in [2.05, 4.69) is 5.32 Å². The number of benzene rings is 2. The van der Waals surface area contributed by atoms with Gasteiger partial charge in [0.1, 0.15) is 12.3 Å². The summed E-state index contributed by atoms with van der Waals surface area (Å²) in [4.78, 5) is 34.7. The highest BCUT2D eigenvalue weighted by molar-refractivity contribution is 5.93. The highest BCUT2D eigenvalue weighted by Crippen LogP contribution is 2.28. The van der Waals surface area contributed by atoms with Crippen LogP contribution in [0.15, 0.2) is 59.5 Å². The lowest BCUT2D eigenvalue weighted by Gasteiger charge is -2.13. The van der Waals surface area contributed by atoms with Crippen molar-refractivity contribution in [3.63, 3.8) is 0 Å². The minimum Gasteiger partial charge on any atom is -0.495 e. The summed E-state index contributed by atoms with van der Waals surface area (Å²) in [6, 6.07) is 12.3. The molecule has 0 radical (unpaired) electrons. The molecule has 1 heterocycles. The summed E-state index contributed by atoms with van der Waals surface area (Å²) in [5, 5.41) is 14.1. The first-order valence-electron chi connectivity index (χ1n) is 7.70. The van der Waals surface area contributed by atoms with Crippen molar-refractivity contribution in [3.8, 4) is 5.75 Å². The fourth-order valence-corrected chi connectivity index (χ4v) is 2.65. The number of hydrogen-bond donors (Lipinski definition) is 1. The van der Waals surface area contributed by atoms with Gasteiger partial charge in [-0.3, -0.25) is 19.7 Å². The van der Waals surface area contributed by atoms with E-state index in [9.17, 15) is 19.7 Å². The smallest absolute Gasteiger partial charge is 0.271 e. The van der Waals surface area contributed by atoms with Gasteiger partial charge < -0.3 is 14.6 Å². The van der Waals surface area contributed by atoms with Gasteiger partial charge in [0.25, 0.3) is 5.69 Å². The van der Waals surface area contributed by atoms with Crippen LogP contribution in [0.25, 0.3) is 10.9 Å². The molecule has 1 aromatic heterocycles. The molecular formula is C18H15N3O5. The number of anilines is 1. The average molecular weight is 353 g/mol. The van der Waals surface area contributed by atoms with Crippen LogP contribution in [0, 0.1) is 10.1 Å². The molecule has 0 bridgehead atoms. The molecular weight excluding hydrogens is 338 g/mol. The van der Waals surface area contributed by atoms with Gasteiger partial charge in [-0.05, 0) is 18.2 Å². The second-order valence-electron chi connectivity index (χ2n) is 5.51. The first-order valence-corrected chi connectivity index (χ1v) is 7.70. The number of nitrogens with one attached hydrogen (secondary N) is 1. The van der Waals surface area contributed by atoms with Crippen molar-refractivity contribution in [1.29, 1.82) is 0 Å². The number of carbonyl (C=O) groups is 1. The quantitative estimate of drug-likeness (QED) is 0.561. The highest BCUT2D eigenvalue weighted by atomic mass is 16.6. The van der Waals surface area contributed by atoms with Gasteiger partial charge in [-0.25, -0.2) is 0 Å². The number of fused-ring (bicyclic) bond motifs is 1. The maximum Gasteiger partial charge on any atom is 0.271 e. The number of para-hydroxylation sites is 1. The molecule has 0 aliphatic rings. The highest BCUT2D eigenvalue weighted by Gasteiger charge is 2.14. The molecule has 132 valence electrons. The molecule has 2 aromatic carbocycles. The average Bonchev–Trinajstić information content (AvgIpc) is 2.64. The van der Waals surface area contributed by atoms with Gasteiger partial charge in [0.05, 0.1) is 23.2 Å². The summed E-state index contributed by atoms with van der Waals surface area (Å²) >= 11 is 0. The van der Waals surface area contributed by atoms with E-state index in [-0.39, 0.29) is 23.3 Å². The summed E-state index contributed by atoms with van der Waals surface area (Å²) in [5.41, 5.74) is 0.547. The summed E-state index contributed by atoms with van der Waals surface area (Å²) in [5.74, 6) is -0.0914. The van der Waals surface area contributed by atoms with Crippen LogP contribution in [0.4, 0.5) is 11.4 Å². The Balaban J connectivity index is 1.89. The number of nitro groups is 1. The normalized spacial score (nSPS) is 10.5. The molecule has 0 aliphatic heterocycles. The number of methoxy groups -OCH3 is 1. The molecule has 0 fully saturated rings. The number of carbonyl (C=O) groups excluding carboxylic acids is 1. The molecule has 26 heavy (non-hydrogen) atoms. The number of nitrogens with zero attached hydrogens (tertiary/aromatic N) is 2. The van der Waals surface area contributed by atoms with Crippen LogP contribution in [-0.4, -0.2) is 22.5 Å². The van der Waals surface area contributed by atoms with Gasteiger partial charge >= 0.3 is 0 Å². The lowest BCUT2D eigenvalue weighted by molar-refractivity contribution is -0.384. The lowest BCUT2D eigenvalue weighted by atomic mass is 10.2. The summed E-state index contributed by atoms with van der Waals surface area (Å²) < 4.78 is 6.77. The number of pyridine rings is 1. The number of amides is 1. The van der Waals surface area contributed by atoms with E-state index < -0.39 is 10.8 Å². The molecule has 0 aliphatic carbocycles. The number of rotatable bonds is 5. The SMILES string of the molecule is COc1ccc([N+](=O)[O-])cc1NC(=O)Cn1ccc(=O)c2ccccc21. The van der Waals surface area contributed by atoms with Crippen molar-refractivity contribution in [1.82, 2.24) is 4.57 Å². The third-order valence-corrected chi connectivity index (χ3v) is 3.87. The predicted molar refractivity (Wildman–Crippen MR) is 96.5 cm³/mol. The van der Waals surface area contributed by atoms with Crippen LogP contribution in [0.3, 0.4) is 0 Å². The Morgan fingerprint density at radius 2 is 2.00 bits per heavy atom. The third kappa shape index (κ3) is 3.39. The van der Waals surface area contributed by atoms with E-state index in [1.807, 2.05) is 0 Å². The first kappa shape index (κ1) is 17.2. The molecule has 1 amide bonds. The van der Waals surface area contributed by atoms with Gasteiger partial charge in [0, 0.05) is 29.8 Å². The van der Waals surface area contributed by atoms with E-state index in [4.69, 9.17) is 4.74 Å². The maximum absolute atomic E-state index is 12.4. The van der Waals surface area contributed by atoms with Crippen molar-refractivity contribution >= 4 is 28.2 Å². The fraction of sp³-hybridized carbons (Fsp3) is 0.111. The van der Waals surface area contributed by atoms with Crippen LogP contribution in [0.2, 0.25) is 0 Å². The van der Waals surface area contributed by atoms with Gasteiger partial charge in [0.2, 0.25) is 5.91 Å². The lowest BCUT2D eigenvalue weighted by Crippen LogP contribution is -2.20. The van der Waals surface area contributed by atoms with Crippen LogP contribution >= 0.6 is 0 Å². The van der Waals surface area contributed by atoms with Crippen LogP contribution in [-0.2, 0) is 11.3 Å². The Kier molecular flexibility index (Phi) is 4.66. The molecule has 0 unspecified atom stereocenters. The van der Waals surface area contributed by atoms with Crippen LogP contribution in [0.1, 0.15) is 0 Å². The van der Waals surface area contributed by atoms with Crippen molar-refractivity contribution < 1.29 is 14.5 Å². The minimum atomic E-state index is -0.551. The monoisotopic (exact) mass is 353 g/mol. The minimum absolute atomic E-state index is 0.0629. The molecule has 0 spiro atoms. The molecule has 0 atom stereocenters. The van der Waals surface area contributed by atoms with Gasteiger partial charge in [-0.15, -0.1) is 0 Å². The fourth-order valence-electron chi connectivity index (χ4n) is 2.65. The Labute approximate surface area is 147 Å². The zero-order valence-corrected chi connectivity index (χ0v) is 13.8. The van der Waals surface area contributed by atoms with Crippen molar-refractivity contribution in [2.24, 2.45) is 0 Å². The first-order chi connectivity index (χ1) is 12.5. The van der Waals surface area contributed by atoms with E-state index >= 15 is 0 Å². The van der Waals surface area contributed by atoms with E-state index in [1.54, 1.807) is 28.8 Å². The van der Waals surface area contributed by atoms with E-state index in [1.165, 1.54) is 37.6 Å². The summed E-state index contributed by atoms with van der Waals surface area (Å²) in [6.45, 7) is -0.0629. The number of hydrogen-bond acceptors (Lipinski definition) is 5. The predicted octanol–water partition coefficient (Wildman–Crippen LogP) is 2.56. The number of non-ortho nitro benzene ring substituents is 1. The molecule has 1 N–H and O–H groups in total. The Morgan fingerprint density at radius 3 is 2.73 bits per heavy atom. The van der Waals surface area contributed by atoms with E-state index in [0.29, 0.717) is 16.7 Å². The molecule has 8 nitrogen and oxygen atoms in total. The number of nitro benzene ring substituents is 1.